The number of nitrogens with one attached hydrogen (secondary N) is 1. The van der Waals surface area contributed by atoms with Gasteiger partial charge in [-0.15, -0.1) is 0 Å². The highest BCUT2D eigenvalue weighted by Gasteiger charge is 2.21. The molecular formula is C10H13N3O2. The minimum absolute atomic E-state index is 0.0534. The second kappa shape index (κ2) is 4.25. The Kier molecular flexibility index (Phi) is 2.80. The average molecular weight is 207 g/mol. The number of aromatic nitrogens is 2. The third kappa shape index (κ3) is 2.23. The number of hydrogen-bond donors (Lipinski definition) is 1. The van der Waals surface area contributed by atoms with Crippen LogP contribution in [0.5, 0.6) is 0 Å². The molecule has 1 aromatic rings. The van der Waals surface area contributed by atoms with Crippen LogP contribution in [0.15, 0.2) is 12.5 Å². The molecule has 1 aliphatic heterocycles. The van der Waals surface area contributed by atoms with E-state index in [2.05, 4.69) is 9.97 Å². The lowest BCUT2D eigenvalue weighted by Gasteiger charge is -2.13. The summed E-state index contributed by atoms with van der Waals surface area (Å²) in [6.07, 6.45) is 4.92. The highest BCUT2D eigenvalue weighted by Crippen LogP contribution is 2.10. The van der Waals surface area contributed by atoms with Crippen molar-refractivity contribution in [2.45, 2.75) is 19.3 Å². The number of hydrogen-bond acceptors (Lipinski definition) is 3. The summed E-state index contributed by atoms with van der Waals surface area (Å²) in [5.41, 5.74) is 0.405. The zero-order chi connectivity index (χ0) is 10.7. The Labute approximate surface area is 87.5 Å². The SMILES string of the molecule is O=C(CC(=O)N1CCCC1)c1cnc[nH]1. The Bertz CT molecular complexity index is 353. The van der Waals surface area contributed by atoms with E-state index >= 15 is 0 Å². The fourth-order valence-electron chi connectivity index (χ4n) is 1.72. The van der Waals surface area contributed by atoms with Crippen LogP contribution >= 0.6 is 0 Å². The molecule has 0 bridgehead atoms. The van der Waals surface area contributed by atoms with Gasteiger partial charge in [-0.25, -0.2) is 4.98 Å². The van der Waals surface area contributed by atoms with Crippen molar-refractivity contribution in [2.24, 2.45) is 0 Å². The molecular weight excluding hydrogens is 194 g/mol. The number of H-pyrrole nitrogens is 1. The van der Waals surface area contributed by atoms with Crippen molar-refractivity contribution in [1.29, 1.82) is 0 Å². The first kappa shape index (κ1) is 9.89. The van der Waals surface area contributed by atoms with Gasteiger partial charge in [0, 0.05) is 13.1 Å². The molecule has 5 nitrogen and oxygen atoms in total. The number of likely N-dealkylation sites (tertiary alicyclic amines) is 1. The van der Waals surface area contributed by atoms with Crippen molar-refractivity contribution in [1.82, 2.24) is 14.9 Å². The fourth-order valence-corrected chi connectivity index (χ4v) is 1.72. The molecule has 15 heavy (non-hydrogen) atoms. The molecule has 1 saturated heterocycles. The van der Waals surface area contributed by atoms with Gasteiger partial charge in [-0.2, -0.15) is 0 Å². The zero-order valence-electron chi connectivity index (χ0n) is 8.40. The smallest absolute Gasteiger partial charge is 0.230 e. The van der Waals surface area contributed by atoms with Gasteiger partial charge in [-0.1, -0.05) is 0 Å². The van der Waals surface area contributed by atoms with Gasteiger partial charge in [0.05, 0.1) is 18.9 Å². The van der Waals surface area contributed by atoms with Crippen LogP contribution in [0.25, 0.3) is 0 Å². The van der Waals surface area contributed by atoms with Crippen LogP contribution in [0.4, 0.5) is 0 Å². The molecule has 0 aromatic carbocycles. The van der Waals surface area contributed by atoms with E-state index in [1.165, 1.54) is 12.5 Å². The Morgan fingerprint density at radius 3 is 2.73 bits per heavy atom. The van der Waals surface area contributed by atoms with Gasteiger partial charge < -0.3 is 9.88 Å². The first-order chi connectivity index (χ1) is 7.27. The monoisotopic (exact) mass is 207 g/mol. The summed E-state index contributed by atoms with van der Waals surface area (Å²) >= 11 is 0. The number of carbonyl (C=O) groups is 2. The molecule has 0 unspecified atom stereocenters. The van der Waals surface area contributed by atoms with Crippen LogP contribution in [-0.4, -0.2) is 39.6 Å². The molecule has 1 aromatic heterocycles. The number of rotatable bonds is 3. The van der Waals surface area contributed by atoms with Crippen molar-refractivity contribution < 1.29 is 9.59 Å². The second-order valence-electron chi connectivity index (χ2n) is 3.65. The van der Waals surface area contributed by atoms with Crippen LogP contribution in [0, 0.1) is 0 Å². The predicted molar refractivity (Wildman–Crippen MR) is 53.3 cm³/mol. The maximum Gasteiger partial charge on any atom is 0.230 e. The number of Topliss-reactive ketones (excluding diaryl/α,β-unsaturated/α-hetero) is 1. The Hall–Kier alpha value is -1.65. The van der Waals surface area contributed by atoms with Gasteiger partial charge in [0.15, 0.2) is 5.78 Å². The standard InChI is InChI=1S/C10H13N3O2/c14-9(8-6-11-7-12-8)5-10(15)13-3-1-2-4-13/h6-7H,1-5H2,(H,11,12). The van der Waals surface area contributed by atoms with Crippen molar-refractivity contribution in [2.75, 3.05) is 13.1 Å². The predicted octanol–water partition coefficient (Wildman–Crippen LogP) is 0.605. The number of amides is 1. The number of imidazole rings is 1. The molecule has 0 radical (unpaired) electrons. The summed E-state index contributed by atoms with van der Waals surface area (Å²) in [5, 5.41) is 0. The van der Waals surface area contributed by atoms with Crippen LogP contribution in [0.2, 0.25) is 0 Å². The zero-order valence-corrected chi connectivity index (χ0v) is 8.40. The number of nitrogens with zero attached hydrogens (tertiary/aromatic N) is 2. The van der Waals surface area contributed by atoms with Crippen LogP contribution in [0.1, 0.15) is 29.8 Å². The van der Waals surface area contributed by atoms with Crippen molar-refractivity contribution >= 4 is 11.7 Å². The summed E-state index contributed by atoms with van der Waals surface area (Å²) in [6, 6.07) is 0. The van der Waals surface area contributed by atoms with E-state index in [9.17, 15) is 9.59 Å². The van der Waals surface area contributed by atoms with E-state index in [0.29, 0.717) is 5.69 Å². The molecule has 1 N–H and O–H groups in total. The molecule has 2 rings (SSSR count). The molecule has 1 aliphatic rings. The van der Waals surface area contributed by atoms with E-state index in [-0.39, 0.29) is 18.1 Å². The molecule has 5 heteroatoms. The Morgan fingerprint density at radius 2 is 2.13 bits per heavy atom. The van der Waals surface area contributed by atoms with Crippen molar-refractivity contribution in [3.05, 3.63) is 18.2 Å². The van der Waals surface area contributed by atoms with Gasteiger partial charge in [0.25, 0.3) is 0 Å². The van der Waals surface area contributed by atoms with Gasteiger partial charge in [0.1, 0.15) is 5.69 Å². The Balaban J connectivity index is 1.91. The first-order valence-electron chi connectivity index (χ1n) is 5.07. The van der Waals surface area contributed by atoms with E-state index < -0.39 is 0 Å². The lowest BCUT2D eigenvalue weighted by Crippen LogP contribution is -2.29. The van der Waals surface area contributed by atoms with Gasteiger partial charge in [-0.3, -0.25) is 9.59 Å². The minimum atomic E-state index is -0.190. The number of aromatic amines is 1. The van der Waals surface area contributed by atoms with Gasteiger partial charge >= 0.3 is 0 Å². The molecule has 0 spiro atoms. The van der Waals surface area contributed by atoms with E-state index in [1.54, 1.807) is 4.90 Å². The normalized spacial score (nSPS) is 15.6. The molecule has 0 aliphatic carbocycles. The van der Waals surface area contributed by atoms with Gasteiger partial charge in [0.2, 0.25) is 5.91 Å². The van der Waals surface area contributed by atoms with E-state index in [0.717, 1.165) is 25.9 Å². The molecule has 1 fully saturated rings. The number of carbonyl (C=O) groups excluding carboxylic acids is 2. The fraction of sp³-hybridized carbons (Fsp3) is 0.500. The third-order valence-electron chi connectivity index (χ3n) is 2.57. The summed E-state index contributed by atoms with van der Waals surface area (Å²) in [6.45, 7) is 1.57. The second-order valence-corrected chi connectivity index (χ2v) is 3.65. The lowest BCUT2D eigenvalue weighted by molar-refractivity contribution is -0.129. The number of ketones is 1. The highest BCUT2D eigenvalue weighted by molar-refractivity contribution is 6.06. The largest absolute Gasteiger partial charge is 0.342 e. The Morgan fingerprint density at radius 1 is 1.40 bits per heavy atom. The van der Waals surface area contributed by atoms with Crippen molar-refractivity contribution in [3.8, 4) is 0 Å². The van der Waals surface area contributed by atoms with Crippen LogP contribution in [0.3, 0.4) is 0 Å². The summed E-state index contributed by atoms with van der Waals surface area (Å²) in [4.78, 5) is 31.4. The molecule has 0 saturated carbocycles. The van der Waals surface area contributed by atoms with Crippen molar-refractivity contribution in [3.63, 3.8) is 0 Å². The molecule has 80 valence electrons. The maximum atomic E-state index is 11.6. The van der Waals surface area contributed by atoms with Gasteiger partial charge in [-0.05, 0) is 12.8 Å². The quantitative estimate of drug-likeness (QED) is 0.583. The third-order valence-corrected chi connectivity index (χ3v) is 2.57. The van der Waals surface area contributed by atoms with Crippen LogP contribution in [-0.2, 0) is 4.79 Å². The summed E-state index contributed by atoms with van der Waals surface area (Å²) < 4.78 is 0. The van der Waals surface area contributed by atoms with E-state index in [1.807, 2.05) is 0 Å². The molecule has 1 amide bonds. The first-order valence-corrected chi connectivity index (χ1v) is 5.07. The highest BCUT2D eigenvalue weighted by atomic mass is 16.2. The topological polar surface area (TPSA) is 66.1 Å². The van der Waals surface area contributed by atoms with E-state index in [4.69, 9.17) is 0 Å². The lowest BCUT2D eigenvalue weighted by atomic mass is 10.2. The molecule has 2 heterocycles. The van der Waals surface area contributed by atoms with Crippen LogP contribution < -0.4 is 0 Å². The minimum Gasteiger partial charge on any atom is -0.342 e. The molecule has 0 atom stereocenters. The summed E-state index contributed by atoms with van der Waals surface area (Å²) in [5.74, 6) is -0.267. The average Bonchev–Trinajstić information content (AvgIpc) is 2.91. The summed E-state index contributed by atoms with van der Waals surface area (Å²) in [7, 11) is 0. The maximum absolute atomic E-state index is 11.6.